The standard InChI is InChI=1S/C15H19NO4S/c1-10-8-12(21-11(10)4-5-13(17)18)14(19)16-15(2)6-3-7-20-9-15/h4-5,8H,3,6-7,9H2,1-2H3,(H,16,19)(H,17,18)/b5-4+. The average molecular weight is 309 g/mol. The highest BCUT2D eigenvalue weighted by atomic mass is 32.1. The molecule has 1 fully saturated rings. The first-order valence-corrected chi connectivity index (χ1v) is 7.63. The second-order valence-corrected chi connectivity index (χ2v) is 6.58. The van der Waals surface area contributed by atoms with Gasteiger partial charge in [-0.2, -0.15) is 0 Å². The van der Waals surface area contributed by atoms with E-state index >= 15 is 0 Å². The van der Waals surface area contributed by atoms with Gasteiger partial charge in [0.1, 0.15) is 0 Å². The summed E-state index contributed by atoms with van der Waals surface area (Å²) in [4.78, 5) is 24.3. The van der Waals surface area contributed by atoms with Crippen LogP contribution in [0.3, 0.4) is 0 Å². The molecule has 2 rings (SSSR count). The number of carbonyl (C=O) groups excluding carboxylic acids is 1. The van der Waals surface area contributed by atoms with Crippen LogP contribution in [0.2, 0.25) is 0 Å². The number of nitrogens with one attached hydrogen (secondary N) is 1. The van der Waals surface area contributed by atoms with Crippen LogP contribution in [-0.4, -0.2) is 35.7 Å². The summed E-state index contributed by atoms with van der Waals surface area (Å²) in [7, 11) is 0. The molecular weight excluding hydrogens is 290 g/mol. The predicted octanol–water partition coefficient (Wildman–Crippen LogP) is 2.45. The van der Waals surface area contributed by atoms with E-state index in [0.717, 1.165) is 36.0 Å². The third-order valence-corrected chi connectivity index (χ3v) is 4.61. The van der Waals surface area contributed by atoms with Crippen LogP contribution in [0, 0.1) is 6.92 Å². The first-order chi connectivity index (χ1) is 9.89. The Labute approximate surface area is 127 Å². The lowest BCUT2D eigenvalue weighted by atomic mass is 9.95. The molecule has 6 heteroatoms. The molecule has 0 radical (unpaired) electrons. The third kappa shape index (κ3) is 4.15. The van der Waals surface area contributed by atoms with Crippen LogP contribution in [0.25, 0.3) is 6.08 Å². The molecule has 1 aromatic rings. The highest BCUT2D eigenvalue weighted by Crippen LogP contribution is 2.25. The van der Waals surface area contributed by atoms with Crippen molar-refractivity contribution < 1.29 is 19.4 Å². The summed E-state index contributed by atoms with van der Waals surface area (Å²) in [5.74, 6) is -1.13. The molecule has 1 aromatic heterocycles. The molecule has 5 nitrogen and oxygen atoms in total. The minimum absolute atomic E-state index is 0.133. The lowest BCUT2D eigenvalue weighted by Crippen LogP contribution is -2.51. The van der Waals surface area contributed by atoms with Crippen molar-refractivity contribution in [1.29, 1.82) is 0 Å². The minimum Gasteiger partial charge on any atom is -0.478 e. The number of ether oxygens (including phenoxy) is 1. The Bertz CT molecular complexity index is 570. The largest absolute Gasteiger partial charge is 0.478 e. The van der Waals surface area contributed by atoms with Crippen LogP contribution >= 0.6 is 11.3 Å². The van der Waals surface area contributed by atoms with E-state index in [4.69, 9.17) is 9.84 Å². The number of thiophene rings is 1. The molecule has 1 aliphatic rings. The Morgan fingerprint density at radius 1 is 1.52 bits per heavy atom. The number of hydrogen-bond donors (Lipinski definition) is 2. The second kappa shape index (κ2) is 6.41. The van der Waals surface area contributed by atoms with Gasteiger partial charge in [0, 0.05) is 17.6 Å². The molecule has 0 bridgehead atoms. The summed E-state index contributed by atoms with van der Waals surface area (Å²) in [6, 6.07) is 1.79. The highest BCUT2D eigenvalue weighted by Gasteiger charge is 2.30. The average Bonchev–Trinajstić information content (AvgIpc) is 2.78. The summed E-state index contributed by atoms with van der Waals surface area (Å²) in [5.41, 5.74) is 0.567. The summed E-state index contributed by atoms with van der Waals surface area (Å²) in [5, 5.41) is 11.7. The van der Waals surface area contributed by atoms with Crippen LogP contribution in [0.4, 0.5) is 0 Å². The molecule has 0 saturated carbocycles. The van der Waals surface area contributed by atoms with Gasteiger partial charge in [0.05, 0.1) is 17.0 Å². The summed E-state index contributed by atoms with van der Waals surface area (Å²) in [6.07, 6.45) is 4.43. The van der Waals surface area contributed by atoms with Gasteiger partial charge in [-0.05, 0) is 44.4 Å². The van der Waals surface area contributed by atoms with Gasteiger partial charge in [-0.25, -0.2) is 4.79 Å². The minimum atomic E-state index is -0.999. The number of aryl methyl sites for hydroxylation is 1. The Balaban J connectivity index is 2.09. The zero-order valence-corrected chi connectivity index (χ0v) is 13.0. The number of amides is 1. The van der Waals surface area contributed by atoms with E-state index in [1.54, 1.807) is 6.07 Å². The first-order valence-electron chi connectivity index (χ1n) is 6.81. The van der Waals surface area contributed by atoms with Crippen molar-refractivity contribution in [2.24, 2.45) is 0 Å². The van der Waals surface area contributed by atoms with Crippen molar-refractivity contribution in [2.75, 3.05) is 13.2 Å². The zero-order valence-electron chi connectivity index (χ0n) is 12.1. The Morgan fingerprint density at radius 3 is 2.90 bits per heavy atom. The molecule has 1 saturated heterocycles. The zero-order chi connectivity index (χ0) is 15.5. The van der Waals surface area contributed by atoms with Crippen LogP contribution < -0.4 is 5.32 Å². The summed E-state index contributed by atoms with van der Waals surface area (Å²) >= 11 is 1.29. The number of rotatable bonds is 4. The van der Waals surface area contributed by atoms with Gasteiger partial charge >= 0.3 is 5.97 Å². The maximum atomic E-state index is 12.3. The van der Waals surface area contributed by atoms with Crippen molar-refractivity contribution in [2.45, 2.75) is 32.2 Å². The maximum Gasteiger partial charge on any atom is 0.328 e. The molecule has 2 N–H and O–H groups in total. The van der Waals surface area contributed by atoms with Gasteiger partial charge in [-0.3, -0.25) is 4.79 Å². The molecule has 1 aliphatic heterocycles. The lowest BCUT2D eigenvalue weighted by Gasteiger charge is -2.34. The van der Waals surface area contributed by atoms with Crippen molar-refractivity contribution in [3.8, 4) is 0 Å². The molecule has 0 aromatic carbocycles. The van der Waals surface area contributed by atoms with Crippen molar-refractivity contribution in [3.05, 3.63) is 27.5 Å². The molecule has 1 atom stereocenters. The highest BCUT2D eigenvalue weighted by molar-refractivity contribution is 7.15. The van der Waals surface area contributed by atoms with Crippen LogP contribution in [0.1, 0.15) is 39.9 Å². The summed E-state index contributed by atoms with van der Waals surface area (Å²) in [6.45, 7) is 5.11. The number of hydrogen-bond acceptors (Lipinski definition) is 4. The third-order valence-electron chi connectivity index (χ3n) is 3.41. The number of carboxylic acid groups (broad SMARTS) is 1. The fourth-order valence-corrected chi connectivity index (χ4v) is 3.26. The van der Waals surface area contributed by atoms with Crippen LogP contribution in [0.5, 0.6) is 0 Å². The fourth-order valence-electron chi connectivity index (χ4n) is 2.29. The topological polar surface area (TPSA) is 75.6 Å². The predicted molar refractivity (Wildman–Crippen MR) is 81.7 cm³/mol. The van der Waals surface area contributed by atoms with E-state index in [0.29, 0.717) is 11.5 Å². The monoisotopic (exact) mass is 309 g/mol. The van der Waals surface area contributed by atoms with Crippen molar-refractivity contribution >= 4 is 29.3 Å². The molecule has 114 valence electrons. The van der Waals surface area contributed by atoms with E-state index in [2.05, 4.69) is 5.32 Å². The number of aliphatic carboxylic acids is 1. The Morgan fingerprint density at radius 2 is 2.29 bits per heavy atom. The molecule has 0 aliphatic carbocycles. The summed E-state index contributed by atoms with van der Waals surface area (Å²) < 4.78 is 5.43. The first kappa shape index (κ1) is 15.7. The van der Waals surface area contributed by atoms with E-state index in [9.17, 15) is 9.59 Å². The van der Waals surface area contributed by atoms with Crippen LogP contribution in [0.15, 0.2) is 12.1 Å². The molecule has 0 spiro atoms. The van der Waals surface area contributed by atoms with E-state index < -0.39 is 5.97 Å². The van der Waals surface area contributed by atoms with Gasteiger partial charge < -0.3 is 15.2 Å². The van der Waals surface area contributed by atoms with Gasteiger partial charge in [0.25, 0.3) is 5.91 Å². The molecule has 1 amide bonds. The lowest BCUT2D eigenvalue weighted by molar-refractivity contribution is -0.131. The Hall–Kier alpha value is -1.66. The molecule has 21 heavy (non-hydrogen) atoms. The van der Waals surface area contributed by atoms with Gasteiger partial charge in [-0.1, -0.05) is 0 Å². The Kier molecular flexibility index (Phi) is 4.80. The van der Waals surface area contributed by atoms with E-state index in [1.165, 1.54) is 17.4 Å². The van der Waals surface area contributed by atoms with Gasteiger partial charge in [0.15, 0.2) is 0 Å². The van der Waals surface area contributed by atoms with E-state index in [-0.39, 0.29) is 11.4 Å². The number of carboxylic acids is 1. The maximum absolute atomic E-state index is 12.3. The van der Waals surface area contributed by atoms with E-state index in [1.807, 2.05) is 13.8 Å². The normalized spacial score (nSPS) is 22.4. The molecule has 1 unspecified atom stereocenters. The molecular formula is C15H19NO4S. The van der Waals surface area contributed by atoms with Crippen molar-refractivity contribution in [3.63, 3.8) is 0 Å². The SMILES string of the molecule is Cc1cc(C(=O)NC2(C)CCCOC2)sc1/C=C/C(=O)O. The smallest absolute Gasteiger partial charge is 0.328 e. The van der Waals surface area contributed by atoms with Gasteiger partial charge in [0.2, 0.25) is 0 Å². The van der Waals surface area contributed by atoms with Gasteiger partial charge in [-0.15, -0.1) is 11.3 Å². The quantitative estimate of drug-likeness (QED) is 0.838. The second-order valence-electron chi connectivity index (χ2n) is 5.50. The fraction of sp³-hybridized carbons (Fsp3) is 0.467. The van der Waals surface area contributed by atoms with Crippen molar-refractivity contribution in [1.82, 2.24) is 5.32 Å². The molecule has 2 heterocycles. The van der Waals surface area contributed by atoms with Crippen LogP contribution in [-0.2, 0) is 9.53 Å². The number of carbonyl (C=O) groups is 2.